The van der Waals surface area contributed by atoms with Crippen molar-refractivity contribution < 1.29 is 14.1 Å². The van der Waals surface area contributed by atoms with E-state index in [-0.39, 0.29) is 17.6 Å². The highest BCUT2D eigenvalue weighted by molar-refractivity contribution is 5.87. The summed E-state index contributed by atoms with van der Waals surface area (Å²) in [5.74, 6) is 0.271. The molecule has 1 aromatic carbocycles. The first-order valence-corrected chi connectivity index (χ1v) is 12.5. The lowest BCUT2D eigenvalue weighted by molar-refractivity contribution is -0.384. The van der Waals surface area contributed by atoms with Gasteiger partial charge in [-0.1, -0.05) is 54.7 Å². The van der Waals surface area contributed by atoms with Crippen molar-refractivity contribution in [2.75, 3.05) is 11.4 Å². The van der Waals surface area contributed by atoms with Crippen LogP contribution >= 0.6 is 0 Å². The van der Waals surface area contributed by atoms with Crippen LogP contribution < -0.4 is 10.2 Å². The first kappa shape index (κ1) is 26.3. The van der Waals surface area contributed by atoms with Crippen LogP contribution in [0.1, 0.15) is 77.5 Å². The van der Waals surface area contributed by atoms with Crippen molar-refractivity contribution >= 4 is 17.3 Å². The Balaban J connectivity index is 1.97. The van der Waals surface area contributed by atoms with Crippen molar-refractivity contribution in [3.8, 4) is 0 Å². The third-order valence-corrected chi connectivity index (χ3v) is 6.44. The first-order chi connectivity index (χ1) is 16.9. The summed E-state index contributed by atoms with van der Waals surface area (Å²) in [6.07, 6.45) is 12.9. The summed E-state index contributed by atoms with van der Waals surface area (Å²) in [6, 6.07) is 9.38. The van der Waals surface area contributed by atoms with E-state index in [1.807, 2.05) is 0 Å². The van der Waals surface area contributed by atoms with Crippen LogP contribution in [0.15, 0.2) is 70.4 Å². The van der Waals surface area contributed by atoms with Gasteiger partial charge in [0.1, 0.15) is 11.4 Å². The number of nitro benzene ring substituents is 1. The van der Waals surface area contributed by atoms with E-state index in [9.17, 15) is 14.9 Å². The smallest absolute Gasteiger partial charge is 0.292 e. The number of carbonyl (C=O) groups is 1. The van der Waals surface area contributed by atoms with Crippen molar-refractivity contribution in [3.05, 3.63) is 81.8 Å². The van der Waals surface area contributed by atoms with Crippen LogP contribution in [-0.4, -0.2) is 23.4 Å². The predicted molar refractivity (Wildman–Crippen MR) is 139 cm³/mol. The zero-order valence-electron chi connectivity index (χ0n) is 21.0. The number of nitrogens with one attached hydrogen (secondary N) is 1. The molecule has 0 aliphatic heterocycles. The zero-order valence-corrected chi connectivity index (χ0v) is 21.0. The second-order valence-corrected chi connectivity index (χ2v) is 9.53. The summed E-state index contributed by atoms with van der Waals surface area (Å²) in [5.41, 5.74) is 2.80. The van der Waals surface area contributed by atoms with E-state index in [0.717, 1.165) is 44.1 Å². The second-order valence-electron chi connectivity index (χ2n) is 9.53. The Kier molecular flexibility index (Phi) is 9.70. The minimum absolute atomic E-state index is 0.0369. The second kappa shape index (κ2) is 12.9. The molecule has 1 aliphatic rings. The molecule has 0 saturated heterocycles. The summed E-state index contributed by atoms with van der Waals surface area (Å²) < 4.78 is 5.71. The average Bonchev–Trinajstić information content (AvgIpc) is 3.36. The molecule has 1 aromatic heterocycles. The Hall–Kier alpha value is -3.35. The number of anilines is 1. The fourth-order valence-corrected chi connectivity index (χ4v) is 4.55. The molecule has 1 heterocycles. The molecule has 35 heavy (non-hydrogen) atoms. The molecule has 0 spiro atoms. The molecule has 1 unspecified atom stereocenters. The third-order valence-electron chi connectivity index (χ3n) is 6.44. The van der Waals surface area contributed by atoms with E-state index < -0.39 is 11.0 Å². The lowest BCUT2D eigenvalue weighted by Crippen LogP contribution is -2.45. The summed E-state index contributed by atoms with van der Waals surface area (Å²) in [4.78, 5) is 27.0. The van der Waals surface area contributed by atoms with Gasteiger partial charge in [0.15, 0.2) is 6.04 Å². The van der Waals surface area contributed by atoms with Crippen LogP contribution in [0.5, 0.6) is 0 Å². The highest BCUT2D eigenvalue weighted by Crippen LogP contribution is 2.35. The molecule has 2 aromatic rings. The molecular formula is C28H37N3O4. The van der Waals surface area contributed by atoms with Crippen molar-refractivity contribution in [2.45, 2.75) is 77.8 Å². The molecule has 1 saturated carbocycles. The molecule has 3 rings (SSSR count). The molecular weight excluding hydrogens is 442 g/mol. The lowest BCUT2D eigenvalue weighted by Gasteiger charge is -2.32. The lowest BCUT2D eigenvalue weighted by atomic mass is 9.95. The van der Waals surface area contributed by atoms with Crippen molar-refractivity contribution in [2.24, 2.45) is 0 Å². The number of para-hydroxylation sites is 2. The topological polar surface area (TPSA) is 88.6 Å². The minimum Gasteiger partial charge on any atom is -0.467 e. The number of allylic oxidation sites excluding steroid dienone is 3. The molecule has 188 valence electrons. The quantitative estimate of drug-likeness (QED) is 0.216. The van der Waals surface area contributed by atoms with Crippen LogP contribution in [0.25, 0.3) is 0 Å². The highest BCUT2D eigenvalue weighted by atomic mass is 16.6. The normalized spacial score (nSPS) is 15.3. The van der Waals surface area contributed by atoms with Gasteiger partial charge < -0.3 is 14.6 Å². The Morgan fingerprint density at radius 1 is 1.14 bits per heavy atom. The van der Waals surface area contributed by atoms with E-state index in [1.54, 1.807) is 35.2 Å². The van der Waals surface area contributed by atoms with Gasteiger partial charge in [0.2, 0.25) is 0 Å². The molecule has 1 N–H and O–H groups in total. The Morgan fingerprint density at radius 3 is 2.54 bits per heavy atom. The molecule has 1 fully saturated rings. The zero-order chi connectivity index (χ0) is 25.2. The maximum absolute atomic E-state index is 13.7. The van der Waals surface area contributed by atoms with E-state index in [0.29, 0.717) is 18.0 Å². The number of benzene rings is 1. The van der Waals surface area contributed by atoms with Crippen molar-refractivity contribution in [3.63, 3.8) is 0 Å². The molecule has 7 nitrogen and oxygen atoms in total. The van der Waals surface area contributed by atoms with Crippen molar-refractivity contribution in [1.82, 2.24) is 5.32 Å². The number of nitro groups is 1. The van der Waals surface area contributed by atoms with Gasteiger partial charge in [-0.05, 0) is 64.7 Å². The number of hydrogen-bond acceptors (Lipinski definition) is 5. The summed E-state index contributed by atoms with van der Waals surface area (Å²) in [5, 5.41) is 15.1. The van der Waals surface area contributed by atoms with E-state index in [1.165, 1.54) is 24.3 Å². The van der Waals surface area contributed by atoms with Crippen LogP contribution in [0.2, 0.25) is 0 Å². The largest absolute Gasteiger partial charge is 0.467 e. The van der Waals surface area contributed by atoms with Gasteiger partial charge in [0.05, 0.1) is 11.2 Å². The van der Waals surface area contributed by atoms with Crippen LogP contribution in [-0.2, 0) is 4.79 Å². The van der Waals surface area contributed by atoms with E-state index in [4.69, 9.17) is 4.42 Å². The van der Waals surface area contributed by atoms with Gasteiger partial charge in [-0.15, -0.1) is 0 Å². The number of nitrogens with zero attached hydrogens (tertiary/aromatic N) is 2. The molecule has 1 atom stereocenters. The highest BCUT2D eigenvalue weighted by Gasteiger charge is 2.34. The monoisotopic (exact) mass is 479 g/mol. The molecule has 7 heteroatoms. The number of furan rings is 1. The standard InChI is InChI=1S/C28H37N3O4/c1-21(2)11-9-12-22(3)18-19-30(24-15-7-8-16-25(24)31(33)34)27(26-17-10-20-35-26)28(32)29-23-13-5-4-6-14-23/h7-8,10-11,15-18,20,23,27H,4-6,9,12-14,19H2,1-3H3,(H,29,32)/b22-18-. The Labute approximate surface area is 208 Å². The molecule has 1 aliphatic carbocycles. The first-order valence-electron chi connectivity index (χ1n) is 12.5. The SMILES string of the molecule is CC(C)=CCC/C(C)=C\CN(c1ccccc1[N+](=O)[O-])C(C(=O)NC1CCCCC1)c1ccco1. The van der Waals surface area contributed by atoms with E-state index >= 15 is 0 Å². The number of carbonyl (C=O) groups excluding carboxylic acids is 1. The van der Waals surface area contributed by atoms with E-state index in [2.05, 4.69) is 38.2 Å². The number of hydrogen-bond donors (Lipinski definition) is 1. The van der Waals surface area contributed by atoms with Gasteiger partial charge in [-0.25, -0.2) is 0 Å². The van der Waals surface area contributed by atoms with Crippen LogP contribution in [0.4, 0.5) is 11.4 Å². The van der Waals surface area contributed by atoms with Gasteiger partial charge in [0.25, 0.3) is 11.6 Å². The van der Waals surface area contributed by atoms with Crippen molar-refractivity contribution in [1.29, 1.82) is 0 Å². The molecule has 1 amide bonds. The van der Waals surface area contributed by atoms with Gasteiger partial charge in [-0.2, -0.15) is 0 Å². The maximum atomic E-state index is 13.7. The Bertz CT molecular complexity index is 1030. The fraction of sp³-hybridized carbons (Fsp3) is 0.464. The molecule has 0 radical (unpaired) electrons. The molecule has 0 bridgehead atoms. The fourth-order valence-electron chi connectivity index (χ4n) is 4.55. The average molecular weight is 480 g/mol. The predicted octanol–water partition coefficient (Wildman–Crippen LogP) is 6.88. The third kappa shape index (κ3) is 7.57. The van der Waals surface area contributed by atoms with Gasteiger partial charge in [-0.3, -0.25) is 14.9 Å². The maximum Gasteiger partial charge on any atom is 0.292 e. The van der Waals surface area contributed by atoms with Gasteiger partial charge in [0, 0.05) is 18.7 Å². The number of rotatable bonds is 11. The summed E-state index contributed by atoms with van der Waals surface area (Å²) in [7, 11) is 0. The van der Waals surface area contributed by atoms with Gasteiger partial charge >= 0.3 is 0 Å². The number of amides is 1. The van der Waals surface area contributed by atoms with Crippen LogP contribution in [0.3, 0.4) is 0 Å². The summed E-state index contributed by atoms with van der Waals surface area (Å²) >= 11 is 0. The van der Waals surface area contributed by atoms with Crippen LogP contribution in [0, 0.1) is 10.1 Å². The minimum atomic E-state index is -0.824. The Morgan fingerprint density at radius 2 is 1.89 bits per heavy atom. The summed E-state index contributed by atoms with van der Waals surface area (Å²) in [6.45, 7) is 6.55.